The Kier molecular flexibility index (Phi) is 22.4. The summed E-state index contributed by atoms with van der Waals surface area (Å²) in [7, 11) is 0. The van der Waals surface area contributed by atoms with Gasteiger partial charge in [-0.2, -0.15) is 0 Å². The van der Waals surface area contributed by atoms with Gasteiger partial charge in [0.05, 0.1) is 12.9 Å². The van der Waals surface area contributed by atoms with Crippen LogP contribution in [0.2, 0.25) is 0 Å². The van der Waals surface area contributed by atoms with Gasteiger partial charge in [-0.05, 0) is 25.3 Å². The summed E-state index contributed by atoms with van der Waals surface area (Å²) in [4.78, 5) is 15.1. The summed E-state index contributed by atoms with van der Waals surface area (Å²) in [6.07, 6.45) is 26.7. The Morgan fingerprint density at radius 1 is 1.00 bits per heavy atom. The molecule has 0 aromatic heterocycles. The molecule has 0 radical (unpaired) electrons. The number of carbonyl (C=O) groups excluding carboxylic acids is 1. The van der Waals surface area contributed by atoms with Crippen LogP contribution < -0.4 is 5.32 Å². The minimum Gasteiger partial charge on any atom is -0.455 e. The molecule has 0 aromatic rings. The lowest BCUT2D eigenvalue weighted by Crippen LogP contribution is -2.13. The van der Waals surface area contributed by atoms with Gasteiger partial charge in [0.25, 0.3) is 0 Å². The van der Waals surface area contributed by atoms with Crippen LogP contribution in [0.15, 0.2) is 29.8 Å². The summed E-state index contributed by atoms with van der Waals surface area (Å²) in [5, 5.41) is 2.93. The lowest BCUT2D eigenvalue weighted by atomic mass is 10.0. The molecule has 0 amide bonds. The molecular formula is C26H48N2O2. The van der Waals surface area contributed by atoms with Gasteiger partial charge >= 0.3 is 5.97 Å². The first-order chi connectivity index (χ1) is 14.7. The fourth-order valence-electron chi connectivity index (χ4n) is 3.35. The van der Waals surface area contributed by atoms with E-state index in [-0.39, 0.29) is 12.1 Å². The highest BCUT2D eigenvalue weighted by atomic mass is 16.5. The van der Waals surface area contributed by atoms with Crippen molar-refractivity contribution in [2.75, 3.05) is 13.1 Å². The summed E-state index contributed by atoms with van der Waals surface area (Å²) < 4.78 is 5.31. The van der Waals surface area contributed by atoms with Crippen LogP contribution in [0.4, 0.5) is 0 Å². The molecule has 4 nitrogen and oxygen atoms in total. The van der Waals surface area contributed by atoms with Gasteiger partial charge in [-0.3, -0.25) is 4.99 Å². The lowest BCUT2D eigenvalue weighted by molar-refractivity contribution is -0.141. The molecule has 0 spiro atoms. The molecule has 1 N–H and O–H groups in total. The maximum absolute atomic E-state index is 11.3. The second-order valence-corrected chi connectivity index (χ2v) is 8.06. The van der Waals surface area contributed by atoms with Gasteiger partial charge < -0.3 is 10.1 Å². The van der Waals surface area contributed by atoms with E-state index in [0.29, 0.717) is 0 Å². The van der Waals surface area contributed by atoms with Gasteiger partial charge in [-0.15, -0.1) is 0 Å². The van der Waals surface area contributed by atoms with Crippen LogP contribution in [0.25, 0.3) is 0 Å². The van der Waals surface area contributed by atoms with Crippen molar-refractivity contribution in [3.63, 3.8) is 0 Å². The van der Waals surface area contributed by atoms with E-state index in [4.69, 9.17) is 4.74 Å². The summed E-state index contributed by atoms with van der Waals surface area (Å²) >= 11 is 0. The van der Waals surface area contributed by atoms with E-state index in [1.807, 2.05) is 6.08 Å². The van der Waals surface area contributed by atoms with Gasteiger partial charge in [-0.25, -0.2) is 4.79 Å². The molecule has 0 bridgehead atoms. The lowest BCUT2D eigenvalue weighted by Gasteiger charge is -2.11. The van der Waals surface area contributed by atoms with Crippen LogP contribution in [0.1, 0.15) is 110 Å². The van der Waals surface area contributed by atoms with Crippen LogP contribution in [0.3, 0.4) is 0 Å². The predicted molar refractivity (Wildman–Crippen MR) is 131 cm³/mol. The maximum atomic E-state index is 11.3. The Morgan fingerprint density at radius 2 is 1.60 bits per heavy atom. The van der Waals surface area contributed by atoms with Crippen LogP contribution in [-0.4, -0.2) is 31.5 Å². The minimum absolute atomic E-state index is 0.0900. The van der Waals surface area contributed by atoms with Crippen molar-refractivity contribution < 1.29 is 9.53 Å². The molecule has 0 saturated heterocycles. The third kappa shape index (κ3) is 21.1. The zero-order valence-corrected chi connectivity index (χ0v) is 19.9. The Balaban J connectivity index is 0.00000145. The number of carbonyl (C=O) groups is 1. The van der Waals surface area contributed by atoms with Gasteiger partial charge in [0, 0.05) is 12.6 Å². The molecule has 30 heavy (non-hydrogen) atoms. The number of nitrogens with one attached hydrogen (secondary N) is 1. The number of ether oxygens (including phenoxy) is 1. The highest BCUT2D eigenvalue weighted by molar-refractivity contribution is 5.81. The predicted octanol–water partition coefficient (Wildman–Crippen LogP) is 7.15. The fraction of sp³-hybridized carbons (Fsp3) is 0.769. The van der Waals surface area contributed by atoms with E-state index in [2.05, 4.69) is 36.8 Å². The van der Waals surface area contributed by atoms with E-state index in [1.165, 1.54) is 83.1 Å². The van der Waals surface area contributed by atoms with Crippen molar-refractivity contribution in [3.05, 3.63) is 24.8 Å². The number of hydrogen-bond acceptors (Lipinski definition) is 4. The first-order valence-corrected chi connectivity index (χ1v) is 12.5. The van der Waals surface area contributed by atoms with E-state index >= 15 is 0 Å². The normalized spacial score (nSPS) is 13.5. The van der Waals surface area contributed by atoms with Crippen molar-refractivity contribution in [2.45, 2.75) is 116 Å². The van der Waals surface area contributed by atoms with Crippen LogP contribution >= 0.6 is 0 Å². The van der Waals surface area contributed by atoms with Crippen LogP contribution in [-0.2, 0) is 9.53 Å². The second kappa shape index (κ2) is 23.7. The number of rotatable bonds is 18. The molecule has 1 aliphatic heterocycles. The molecule has 0 aromatic carbocycles. The smallest absolute Gasteiger partial charge is 0.330 e. The van der Waals surface area contributed by atoms with Crippen molar-refractivity contribution in [1.82, 2.24) is 5.32 Å². The topological polar surface area (TPSA) is 50.7 Å². The Bertz CT molecular complexity index is 440. The Morgan fingerprint density at radius 3 is 2.03 bits per heavy atom. The van der Waals surface area contributed by atoms with E-state index in [0.717, 1.165) is 32.4 Å². The number of allylic oxidation sites excluding steroid dienone is 1. The first kappa shape index (κ1) is 28.4. The molecule has 4 heteroatoms. The quantitative estimate of drug-likeness (QED) is 0.111. The van der Waals surface area contributed by atoms with Gasteiger partial charge in [-0.1, -0.05) is 104 Å². The maximum Gasteiger partial charge on any atom is 0.330 e. The standard InChI is InChI=1S/C23H42O2.C3H6N2/c1-4-7-8-9-10-11-12-13-14-15-16-17-18-19-21-22(20-5-2)25-23(24)6-3;1-2-5-3-4-1/h6,19,21-22H,3-5,7-18,20H2,1-2H3;3H,1-2H2,(H,4,5)/b21-19+;. The van der Waals surface area contributed by atoms with E-state index in [1.54, 1.807) is 6.34 Å². The monoisotopic (exact) mass is 420 g/mol. The van der Waals surface area contributed by atoms with Gasteiger partial charge in [0.1, 0.15) is 6.10 Å². The SMILES string of the molecule is C1=NCCN1.C=CC(=O)OC(/C=C/CCCCCCCCCCCCCC)CCC. The van der Waals surface area contributed by atoms with Gasteiger partial charge in [0.15, 0.2) is 0 Å². The molecule has 0 saturated carbocycles. The van der Waals surface area contributed by atoms with Crippen LogP contribution in [0, 0.1) is 0 Å². The summed E-state index contributed by atoms with van der Waals surface area (Å²) in [5.74, 6) is -0.325. The third-order valence-electron chi connectivity index (χ3n) is 5.15. The average molecular weight is 421 g/mol. The van der Waals surface area contributed by atoms with Crippen molar-refractivity contribution in [2.24, 2.45) is 4.99 Å². The van der Waals surface area contributed by atoms with Crippen molar-refractivity contribution in [3.8, 4) is 0 Å². The van der Waals surface area contributed by atoms with Crippen molar-refractivity contribution in [1.29, 1.82) is 0 Å². The summed E-state index contributed by atoms with van der Waals surface area (Å²) in [6.45, 7) is 9.81. The second-order valence-electron chi connectivity index (χ2n) is 8.06. The number of aliphatic imine (C=N–C) groups is 1. The highest BCUT2D eigenvalue weighted by Gasteiger charge is 2.07. The Hall–Kier alpha value is -1.58. The Labute approximate surface area is 186 Å². The molecule has 174 valence electrons. The third-order valence-corrected chi connectivity index (χ3v) is 5.15. The molecule has 0 fully saturated rings. The highest BCUT2D eigenvalue weighted by Crippen LogP contribution is 2.13. The van der Waals surface area contributed by atoms with E-state index in [9.17, 15) is 4.79 Å². The molecule has 0 aliphatic carbocycles. The molecule has 1 atom stereocenters. The van der Waals surface area contributed by atoms with Crippen LogP contribution in [0.5, 0.6) is 0 Å². The van der Waals surface area contributed by atoms with E-state index < -0.39 is 0 Å². The molecular weight excluding hydrogens is 372 g/mol. The average Bonchev–Trinajstić information content (AvgIpc) is 3.34. The summed E-state index contributed by atoms with van der Waals surface area (Å²) in [6, 6.07) is 0. The van der Waals surface area contributed by atoms with Gasteiger partial charge in [0.2, 0.25) is 0 Å². The number of esters is 1. The summed E-state index contributed by atoms with van der Waals surface area (Å²) in [5.41, 5.74) is 0. The number of unbranched alkanes of at least 4 members (excludes halogenated alkanes) is 12. The fourth-order valence-corrected chi connectivity index (χ4v) is 3.35. The molecule has 1 aliphatic rings. The largest absolute Gasteiger partial charge is 0.455 e. The molecule has 1 unspecified atom stereocenters. The number of hydrogen-bond donors (Lipinski definition) is 1. The minimum atomic E-state index is -0.325. The molecule has 1 heterocycles. The first-order valence-electron chi connectivity index (χ1n) is 12.5. The zero-order chi connectivity index (χ0) is 22.1. The molecule has 1 rings (SSSR count). The van der Waals surface area contributed by atoms with Crippen molar-refractivity contribution >= 4 is 12.3 Å². The number of nitrogens with zero attached hydrogens (tertiary/aromatic N) is 1. The zero-order valence-electron chi connectivity index (χ0n) is 19.9.